The van der Waals surface area contributed by atoms with E-state index >= 15 is 0 Å². The number of rotatable bonds is 4. The Morgan fingerprint density at radius 3 is 2.18 bits per heavy atom. The normalized spacial score (nSPS) is 10.9. The van der Waals surface area contributed by atoms with Crippen molar-refractivity contribution in [1.82, 2.24) is 0 Å². The lowest BCUT2D eigenvalue weighted by Crippen LogP contribution is -1.87. The van der Waals surface area contributed by atoms with E-state index in [0.717, 1.165) is 12.0 Å². The van der Waals surface area contributed by atoms with Gasteiger partial charge in [-0.3, -0.25) is 0 Å². The first-order valence-electron chi connectivity index (χ1n) is 4.12. The predicted octanol–water partition coefficient (Wildman–Crippen LogP) is 3.72. The van der Waals surface area contributed by atoms with Crippen molar-refractivity contribution in [3.8, 4) is 0 Å². The molecule has 0 heterocycles. The minimum Gasteiger partial charge on any atom is -0.0958 e. The second-order valence-electron chi connectivity index (χ2n) is 3.07. The van der Waals surface area contributed by atoms with Crippen molar-refractivity contribution in [2.24, 2.45) is 5.92 Å². The van der Waals surface area contributed by atoms with Crippen molar-refractivity contribution >= 4 is 0 Å². The van der Waals surface area contributed by atoms with Crippen molar-refractivity contribution in [2.45, 2.75) is 27.2 Å². The smallest absolute Gasteiger partial charge is 0.0225 e. The third kappa shape index (κ3) is 4.60. The predicted molar refractivity (Wildman–Crippen MR) is 52.5 cm³/mol. The standard InChI is InChI=1S/C11H18/c1-6-10(4)7-8-11(5)9(2)3/h7-9H,4-6H2,1-3H3. The topological polar surface area (TPSA) is 0 Å². The fraction of sp³-hybridized carbons (Fsp3) is 0.455. The zero-order chi connectivity index (χ0) is 8.85. The molecule has 0 radical (unpaired) electrons. The maximum Gasteiger partial charge on any atom is -0.0225 e. The van der Waals surface area contributed by atoms with Gasteiger partial charge in [0.05, 0.1) is 0 Å². The van der Waals surface area contributed by atoms with E-state index in [-0.39, 0.29) is 0 Å². The highest BCUT2D eigenvalue weighted by Crippen LogP contribution is 2.09. The van der Waals surface area contributed by atoms with Crippen LogP contribution < -0.4 is 0 Å². The van der Waals surface area contributed by atoms with E-state index in [2.05, 4.69) is 40.0 Å². The summed E-state index contributed by atoms with van der Waals surface area (Å²) in [4.78, 5) is 0. The Balaban J connectivity index is 3.93. The molecule has 11 heavy (non-hydrogen) atoms. The van der Waals surface area contributed by atoms with E-state index in [4.69, 9.17) is 0 Å². The Morgan fingerprint density at radius 2 is 1.82 bits per heavy atom. The summed E-state index contributed by atoms with van der Waals surface area (Å²) in [6, 6.07) is 0. The lowest BCUT2D eigenvalue weighted by molar-refractivity contribution is 0.795. The van der Waals surface area contributed by atoms with Gasteiger partial charge in [-0.25, -0.2) is 0 Å². The second-order valence-corrected chi connectivity index (χ2v) is 3.07. The van der Waals surface area contributed by atoms with Gasteiger partial charge >= 0.3 is 0 Å². The summed E-state index contributed by atoms with van der Waals surface area (Å²) in [6.45, 7) is 14.2. The van der Waals surface area contributed by atoms with Gasteiger partial charge in [-0.05, 0) is 12.3 Å². The number of hydrogen-bond acceptors (Lipinski definition) is 0. The fourth-order valence-electron chi connectivity index (χ4n) is 0.535. The molecule has 0 atom stereocenters. The van der Waals surface area contributed by atoms with E-state index in [1.54, 1.807) is 0 Å². The first-order valence-corrected chi connectivity index (χ1v) is 4.12. The minimum atomic E-state index is 0.538. The highest BCUT2D eigenvalue weighted by Gasteiger charge is 1.93. The first kappa shape index (κ1) is 10.2. The van der Waals surface area contributed by atoms with Crippen LogP contribution >= 0.6 is 0 Å². The zero-order valence-corrected chi connectivity index (χ0v) is 7.85. The van der Waals surface area contributed by atoms with E-state index in [9.17, 15) is 0 Å². The molecule has 0 amide bonds. The average Bonchev–Trinajstić information content (AvgIpc) is 1.99. The lowest BCUT2D eigenvalue weighted by Gasteiger charge is -2.02. The van der Waals surface area contributed by atoms with Gasteiger partial charge < -0.3 is 0 Å². The Kier molecular flexibility index (Phi) is 4.60. The lowest BCUT2D eigenvalue weighted by atomic mass is 10.0. The van der Waals surface area contributed by atoms with Gasteiger partial charge in [0, 0.05) is 0 Å². The van der Waals surface area contributed by atoms with Gasteiger partial charge in [0.15, 0.2) is 0 Å². The molecule has 0 aliphatic carbocycles. The highest BCUT2D eigenvalue weighted by atomic mass is 14.0. The van der Waals surface area contributed by atoms with Gasteiger partial charge in [0.2, 0.25) is 0 Å². The molecule has 0 fully saturated rings. The zero-order valence-electron chi connectivity index (χ0n) is 7.85. The molecule has 0 bridgehead atoms. The van der Waals surface area contributed by atoms with E-state index in [1.807, 2.05) is 6.08 Å². The summed E-state index contributed by atoms with van der Waals surface area (Å²) in [6.07, 6.45) is 5.11. The summed E-state index contributed by atoms with van der Waals surface area (Å²) in [7, 11) is 0. The molecule has 0 unspecified atom stereocenters. The molecule has 0 nitrogen and oxygen atoms in total. The summed E-state index contributed by atoms with van der Waals surface area (Å²) in [5.41, 5.74) is 2.33. The fourth-order valence-corrected chi connectivity index (χ4v) is 0.535. The molecule has 0 aliphatic heterocycles. The molecule has 0 aromatic rings. The first-order chi connectivity index (χ1) is 5.07. The molecule has 0 rings (SSSR count). The third-order valence-corrected chi connectivity index (χ3v) is 1.73. The number of hydrogen-bond donors (Lipinski definition) is 0. The van der Waals surface area contributed by atoms with Crippen LogP contribution in [0.5, 0.6) is 0 Å². The van der Waals surface area contributed by atoms with Crippen molar-refractivity contribution < 1.29 is 0 Å². The molecule has 0 saturated carbocycles. The van der Waals surface area contributed by atoms with E-state index < -0.39 is 0 Å². The summed E-state index contributed by atoms with van der Waals surface area (Å²) < 4.78 is 0. The van der Waals surface area contributed by atoms with Crippen LogP contribution in [-0.4, -0.2) is 0 Å². The van der Waals surface area contributed by atoms with Crippen LogP contribution in [0.3, 0.4) is 0 Å². The summed E-state index contributed by atoms with van der Waals surface area (Å²) in [5.74, 6) is 0.538. The molecule has 62 valence electrons. The van der Waals surface area contributed by atoms with Crippen LogP contribution in [0.25, 0.3) is 0 Å². The van der Waals surface area contributed by atoms with Crippen LogP contribution in [0.1, 0.15) is 27.2 Å². The van der Waals surface area contributed by atoms with Gasteiger partial charge in [0.25, 0.3) is 0 Å². The molecular formula is C11H18. The van der Waals surface area contributed by atoms with Gasteiger partial charge in [0.1, 0.15) is 0 Å². The maximum absolute atomic E-state index is 3.93. The largest absolute Gasteiger partial charge is 0.0958 e. The van der Waals surface area contributed by atoms with Gasteiger partial charge in [-0.1, -0.05) is 57.2 Å². The summed E-state index contributed by atoms with van der Waals surface area (Å²) in [5, 5.41) is 0. The van der Waals surface area contributed by atoms with E-state index in [1.165, 1.54) is 5.57 Å². The molecule has 0 aliphatic rings. The van der Waals surface area contributed by atoms with Crippen LogP contribution in [0.2, 0.25) is 0 Å². The molecule has 0 aromatic heterocycles. The van der Waals surface area contributed by atoms with E-state index in [0.29, 0.717) is 5.92 Å². The Hall–Kier alpha value is -0.780. The van der Waals surface area contributed by atoms with Crippen LogP contribution in [0.4, 0.5) is 0 Å². The SMILES string of the molecule is C=C(C=CC(=C)C(C)C)CC. The van der Waals surface area contributed by atoms with Crippen molar-refractivity contribution in [3.05, 3.63) is 36.5 Å². The van der Waals surface area contributed by atoms with Crippen molar-refractivity contribution in [1.29, 1.82) is 0 Å². The quantitative estimate of drug-likeness (QED) is 0.536. The monoisotopic (exact) mass is 150 g/mol. The third-order valence-electron chi connectivity index (χ3n) is 1.73. The second kappa shape index (κ2) is 4.95. The van der Waals surface area contributed by atoms with Gasteiger partial charge in [-0.2, -0.15) is 0 Å². The number of allylic oxidation sites excluding steroid dienone is 4. The van der Waals surface area contributed by atoms with Crippen LogP contribution in [0, 0.1) is 5.92 Å². The van der Waals surface area contributed by atoms with Crippen molar-refractivity contribution in [2.75, 3.05) is 0 Å². The minimum absolute atomic E-state index is 0.538. The maximum atomic E-state index is 3.93. The van der Waals surface area contributed by atoms with Crippen LogP contribution in [-0.2, 0) is 0 Å². The molecular weight excluding hydrogens is 132 g/mol. The molecule has 0 N–H and O–H groups in total. The van der Waals surface area contributed by atoms with Crippen LogP contribution in [0.15, 0.2) is 36.5 Å². The van der Waals surface area contributed by atoms with Crippen molar-refractivity contribution in [3.63, 3.8) is 0 Å². The highest BCUT2D eigenvalue weighted by molar-refractivity contribution is 5.24. The molecule has 0 aromatic carbocycles. The molecule has 0 saturated heterocycles. The molecule has 0 heteroatoms. The molecule has 0 spiro atoms. The summed E-state index contributed by atoms with van der Waals surface area (Å²) >= 11 is 0. The average molecular weight is 150 g/mol. The Morgan fingerprint density at radius 1 is 1.27 bits per heavy atom. The Labute approximate surface area is 70.3 Å². The van der Waals surface area contributed by atoms with Gasteiger partial charge in [-0.15, -0.1) is 0 Å². The Bertz CT molecular complexity index is 170.